The fourth-order valence-corrected chi connectivity index (χ4v) is 5.63. The zero-order chi connectivity index (χ0) is 25.1. The van der Waals surface area contributed by atoms with E-state index < -0.39 is 0 Å². The van der Waals surface area contributed by atoms with Gasteiger partial charge in [0.1, 0.15) is 0 Å². The predicted molar refractivity (Wildman–Crippen MR) is 146 cm³/mol. The molecule has 0 saturated carbocycles. The van der Waals surface area contributed by atoms with E-state index in [9.17, 15) is 0 Å². The summed E-state index contributed by atoms with van der Waals surface area (Å²) in [4.78, 5) is 0. The average Bonchev–Trinajstić information content (AvgIpc) is 2.69. The number of ether oxygens (including phenoxy) is 5. The van der Waals surface area contributed by atoms with Crippen LogP contribution in [-0.2, 0) is 23.7 Å². The van der Waals surface area contributed by atoms with E-state index in [1.165, 1.54) is 19.0 Å². The molecule has 0 aromatic carbocycles. The Bertz CT molecular complexity index is 408. The zero-order valence-electron chi connectivity index (χ0n) is 22.7. The first kappa shape index (κ1) is 33.6. The molecule has 0 amide bonds. The lowest BCUT2D eigenvalue weighted by atomic mass is 10.1. The Hall–Kier alpha value is 0.620. The number of hydrogen-bond acceptors (Lipinski definition) is 6. The molecule has 33 heavy (non-hydrogen) atoms. The van der Waals surface area contributed by atoms with Crippen LogP contribution in [0, 0.1) is 0 Å². The van der Waals surface area contributed by atoms with Crippen molar-refractivity contribution < 1.29 is 23.7 Å². The van der Waals surface area contributed by atoms with E-state index in [-0.39, 0.29) is 37.0 Å². The Balaban J connectivity index is 4.18. The third-order valence-electron chi connectivity index (χ3n) is 4.56. The van der Waals surface area contributed by atoms with Gasteiger partial charge < -0.3 is 29.4 Å². The van der Waals surface area contributed by atoms with Crippen LogP contribution < -0.4 is 5.73 Å². The lowest BCUT2D eigenvalue weighted by Gasteiger charge is -2.23. The van der Waals surface area contributed by atoms with E-state index in [1.807, 2.05) is 0 Å². The summed E-state index contributed by atoms with van der Waals surface area (Å²) in [6.45, 7) is 17.7. The Labute approximate surface area is 208 Å². The van der Waals surface area contributed by atoms with Gasteiger partial charge in [0.2, 0.25) is 0 Å². The monoisotopic (exact) mass is 511 g/mol. The van der Waals surface area contributed by atoms with Crippen LogP contribution in [0.2, 0.25) is 0 Å². The van der Waals surface area contributed by atoms with Gasteiger partial charge in [0.05, 0.1) is 37.1 Å². The van der Waals surface area contributed by atoms with Crippen molar-refractivity contribution in [2.75, 3.05) is 37.8 Å². The third kappa shape index (κ3) is 22.8. The maximum atomic E-state index is 6.04. The van der Waals surface area contributed by atoms with Crippen LogP contribution in [0.3, 0.4) is 0 Å². The van der Waals surface area contributed by atoms with Crippen LogP contribution in [-0.4, -0.2) is 80.9 Å². The van der Waals surface area contributed by atoms with E-state index in [0.717, 1.165) is 48.5 Å². The Kier molecular flexibility index (Phi) is 22.3. The van der Waals surface area contributed by atoms with E-state index in [4.69, 9.17) is 29.4 Å². The maximum Gasteiger partial charge on any atom is 0.161 e. The van der Waals surface area contributed by atoms with Crippen LogP contribution in [0.1, 0.15) is 81.1 Å². The van der Waals surface area contributed by atoms with Crippen LogP contribution in [0.4, 0.5) is 0 Å². The normalized spacial score (nSPS) is 14.3. The molecule has 0 bridgehead atoms. The Morgan fingerprint density at radius 1 is 0.606 bits per heavy atom. The molecular formula is C25H55NO5P2. The second-order valence-electron chi connectivity index (χ2n) is 9.57. The largest absolute Gasteiger partial charge is 0.377 e. The first-order chi connectivity index (χ1) is 15.6. The SMILES string of the molecule is CC(C)OC(CPCCCCC(CCPCC(OC(C)C)OC(C)C)OCCN)OC(C)C. The maximum absolute atomic E-state index is 6.04. The molecule has 0 rings (SSSR count). The molecule has 200 valence electrons. The molecule has 0 aliphatic rings. The quantitative estimate of drug-likeness (QED) is 0.109. The fraction of sp³-hybridized carbons (Fsp3) is 1.00. The van der Waals surface area contributed by atoms with Crippen molar-refractivity contribution in [1.29, 1.82) is 0 Å². The molecule has 0 saturated heterocycles. The summed E-state index contributed by atoms with van der Waals surface area (Å²) < 4.78 is 29.7. The second-order valence-corrected chi connectivity index (χ2v) is 12.4. The highest BCUT2D eigenvalue weighted by molar-refractivity contribution is 7.38. The first-order valence-electron chi connectivity index (χ1n) is 13.0. The van der Waals surface area contributed by atoms with Crippen molar-refractivity contribution in [2.45, 2.75) is 124 Å². The van der Waals surface area contributed by atoms with Crippen LogP contribution in [0.5, 0.6) is 0 Å². The summed E-state index contributed by atoms with van der Waals surface area (Å²) in [5.74, 6) is 0. The van der Waals surface area contributed by atoms with E-state index in [2.05, 4.69) is 55.4 Å². The summed E-state index contributed by atoms with van der Waals surface area (Å²) in [6.07, 6.45) is 9.84. The van der Waals surface area contributed by atoms with E-state index >= 15 is 0 Å². The van der Waals surface area contributed by atoms with Gasteiger partial charge in [-0.1, -0.05) is 6.42 Å². The Morgan fingerprint density at radius 3 is 1.48 bits per heavy atom. The van der Waals surface area contributed by atoms with Gasteiger partial charge in [0.15, 0.2) is 12.6 Å². The van der Waals surface area contributed by atoms with Gasteiger partial charge in [-0.05, 0) is 87.0 Å². The molecule has 2 N–H and O–H groups in total. The summed E-state index contributed by atoms with van der Waals surface area (Å²) >= 11 is 0. The molecule has 3 unspecified atom stereocenters. The molecule has 0 aliphatic carbocycles. The van der Waals surface area contributed by atoms with Crippen molar-refractivity contribution in [2.24, 2.45) is 5.73 Å². The van der Waals surface area contributed by atoms with Crippen molar-refractivity contribution >= 4 is 17.2 Å². The molecule has 3 atom stereocenters. The highest BCUT2D eigenvalue weighted by atomic mass is 31.1. The van der Waals surface area contributed by atoms with Crippen LogP contribution in [0.25, 0.3) is 0 Å². The number of nitrogens with two attached hydrogens (primary N) is 1. The summed E-state index contributed by atoms with van der Waals surface area (Å²) in [5.41, 5.74) is 5.68. The van der Waals surface area contributed by atoms with E-state index in [1.54, 1.807) is 0 Å². The van der Waals surface area contributed by atoms with Crippen LogP contribution in [0.15, 0.2) is 0 Å². The predicted octanol–water partition coefficient (Wildman–Crippen LogP) is 5.60. The smallest absolute Gasteiger partial charge is 0.161 e. The molecular weight excluding hydrogens is 456 g/mol. The minimum Gasteiger partial charge on any atom is -0.377 e. The molecule has 6 nitrogen and oxygen atoms in total. The van der Waals surface area contributed by atoms with Gasteiger partial charge in [0.25, 0.3) is 0 Å². The molecule has 0 aliphatic heterocycles. The van der Waals surface area contributed by atoms with Gasteiger partial charge in [-0.3, -0.25) is 0 Å². The number of unbranched alkanes of at least 4 members (excludes halogenated alkanes) is 1. The van der Waals surface area contributed by atoms with E-state index in [0.29, 0.717) is 19.3 Å². The van der Waals surface area contributed by atoms with Gasteiger partial charge in [-0.2, -0.15) is 0 Å². The van der Waals surface area contributed by atoms with Crippen molar-refractivity contribution in [1.82, 2.24) is 0 Å². The average molecular weight is 512 g/mol. The number of rotatable bonds is 23. The Morgan fingerprint density at radius 2 is 1.06 bits per heavy atom. The summed E-state index contributed by atoms with van der Waals surface area (Å²) in [6, 6.07) is 0. The highest BCUT2D eigenvalue weighted by Crippen LogP contribution is 2.23. The zero-order valence-corrected chi connectivity index (χ0v) is 24.7. The highest BCUT2D eigenvalue weighted by Gasteiger charge is 2.15. The molecule has 0 aromatic rings. The lowest BCUT2D eigenvalue weighted by molar-refractivity contribution is -0.167. The molecule has 0 fully saturated rings. The minimum absolute atomic E-state index is 0.0758. The molecule has 0 heterocycles. The molecule has 0 spiro atoms. The molecule has 0 radical (unpaired) electrons. The summed E-state index contributed by atoms with van der Waals surface area (Å²) in [5, 5.41) is 0. The van der Waals surface area contributed by atoms with Gasteiger partial charge >= 0.3 is 0 Å². The standard InChI is InChI=1S/C25H55NO5P2/c1-19(2)28-24(29-20(3)4)17-32-15-10-9-11-23(27-14-13-26)12-16-33-18-25(30-21(5)6)31-22(7)8/h19-25,32-33H,9-18,26H2,1-8H3. The lowest BCUT2D eigenvalue weighted by Crippen LogP contribution is -2.26. The van der Waals surface area contributed by atoms with Gasteiger partial charge in [0, 0.05) is 18.9 Å². The molecule has 8 heteroatoms. The minimum atomic E-state index is -0.101. The first-order valence-corrected chi connectivity index (χ1v) is 15.8. The fourth-order valence-electron chi connectivity index (χ4n) is 3.34. The van der Waals surface area contributed by atoms with Gasteiger partial charge in [-0.25, -0.2) is 0 Å². The van der Waals surface area contributed by atoms with Crippen molar-refractivity contribution in [3.8, 4) is 0 Å². The second kappa shape index (κ2) is 21.9. The van der Waals surface area contributed by atoms with Crippen molar-refractivity contribution in [3.63, 3.8) is 0 Å². The third-order valence-corrected chi connectivity index (χ3v) is 7.16. The summed E-state index contributed by atoms with van der Waals surface area (Å²) in [7, 11) is 1.69. The van der Waals surface area contributed by atoms with Gasteiger partial charge in [-0.15, -0.1) is 17.2 Å². The molecule has 0 aromatic heterocycles. The topological polar surface area (TPSA) is 72.2 Å². The van der Waals surface area contributed by atoms with Crippen molar-refractivity contribution in [3.05, 3.63) is 0 Å². The van der Waals surface area contributed by atoms with Crippen LogP contribution >= 0.6 is 17.2 Å². The number of hydrogen-bond donors (Lipinski definition) is 1.